The Kier molecular flexibility index (Phi) is 15.6. The number of amides is 2. The number of fused-ring (bicyclic) bond motifs is 2. The quantitative estimate of drug-likeness (QED) is 0.106. The first-order valence-corrected chi connectivity index (χ1v) is 26.1. The van der Waals surface area contributed by atoms with E-state index in [2.05, 4.69) is 68.3 Å². The van der Waals surface area contributed by atoms with Gasteiger partial charge in [0.25, 0.3) is 11.8 Å². The van der Waals surface area contributed by atoms with E-state index in [4.69, 9.17) is 0 Å². The Balaban J connectivity index is 0.000000273. The third kappa shape index (κ3) is 13.1. The van der Waals surface area contributed by atoms with Gasteiger partial charge in [-0.2, -0.15) is 0 Å². The van der Waals surface area contributed by atoms with Crippen LogP contribution in [0, 0.1) is 13.8 Å². The normalized spacial score (nSPS) is 11.2. The smallest absolute Gasteiger partial charge is 0.255 e. The van der Waals surface area contributed by atoms with Crippen molar-refractivity contribution in [3.8, 4) is 33.4 Å². The lowest BCUT2D eigenvalue weighted by atomic mass is 9.97. The summed E-state index contributed by atoms with van der Waals surface area (Å²) >= 11 is 0. The number of hydrogen-bond acceptors (Lipinski definition) is 8. The zero-order valence-corrected chi connectivity index (χ0v) is 42.4. The van der Waals surface area contributed by atoms with Gasteiger partial charge in [-0.3, -0.25) is 9.59 Å². The van der Waals surface area contributed by atoms with Crippen LogP contribution in [0.2, 0.25) is 0 Å². The Morgan fingerprint density at radius 2 is 0.676 bits per heavy atom. The molecule has 0 atom stereocenters. The van der Waals surface area contributed by atoms with E-state index in [1.807, 2.05) is 150 Å². The van der Waals surface area contributed by atoms with Crippen molar-refractivity contribution in [3.63, 3.8) is 0 Å². The van der Waals surface area contributed by atoms with Gasteiger partial charge in [-0.1, -0.05) is 108 Å². The molecule has 14 heteroatoms. The highest BCUT2D eigenvalue weighted by Gasteiger charge is 2.12. The number of pyridine rings is 2. The monoisotopic (exact) mass is 1020 g/mol. The number of aryl methyl sites for hydroxylation is 4. The number of rotatable bonds is 9. The van der Waals surface area contributed by atoms with Crippen molar-refractivity contribution >= 4 is 65.2 Å². The fourth-order valence-corrected chi connectivity index (χ4v) is 8.98. The minimum atomic E-state index is -4.27. The number of hydrogen-bond donors (Lipinski definition) is 2. The van der Waals surface area contributed by atoms with E-state index in [1.54, 1.807) is 24.3 Å². The second-order valence-corrected chi connectivity index (χ2v) is 20.3. The molecule has 2 N–H and O–H groups in total. The van der Waals surface area contributed by atoms with Crippen LogP contribution in [0.5, 0.6) is 0 Å². The van der Waals surface area contributed by atoms with Crippen molar-refractivity contribution in [2.45, 2.75) is 23.6 Å². The summed E-state index contributed by atoms with van der Waals surface area (Å²) in [6, 6.07) is 63.8. The van der Waals surface area contributed by atoms with Gasteiger partial charge in [0.05, 0.1) is 9.79 Å². The number of benzene rings is 8. The Hall–Kier alpha value is -8.66. The van der Waals surface area contributed by atoms with Crippen molar-refractivity contribution in [2.24, 2.45) is 14.1 Å². The fourth-order valence-electron chi connectivity index (χ4n) is 8.04. The van der Waals surface area contributed by atoms with Crippen LogP contribution in [0.4, 0.5) is 11.4 Å². The summed E-state index contributed by atoms with van der Waals surface area (Å²) in [5, 5.41) is 8.18. The second kappa shape index (κ2) is 22.4. The first-order valence-electron chi connectivity index (χ1n) is 23.2. The predicted octanol–water partition coefficient (Wildman–Crippen LogP) is 10.9. The summed E-state index contributed by atoms with van der Waals surface area (Å²) in [5.74, 6) is -0.282. The maximum absolute atomic E-state index is 13.0. The van der Waals surface area contributed by atoms with Gasteiger partial charge in [0.15, 0.2) is 12.4 Å². The lowest BCUT2D eigenvalue weighted by Crippen LogP contribution is -2.27. The van der Waals surface area contributed by atoms with Crippen molar-refractivity contribution in [2.75, 3.05) is 10.6 Å². The third-order valence-corrected chi connectivity index (χ3v) is 13.9. The van der Waals surface area contributed by atoms with Crippen LogP contribution in [0.3, 0.4) is 0 Å². The summed E-state index contributed by atoms with van der Waals surface area (Å²) in [6.07, 6.45) is 4.01. The van der Waals surface area contributed by atoms with E-state index in [9.17, 15) is 35.5 Å². The molecule has 0 aliphatic rings. The molecule has 0 aliphatic heterocycles. The summed E-state index contributed by atoms with van der Waals surface area (Å²) in [4.78, 5) is 25.6. The highest BCUT2D eigenvalue weighted by molar-refractivity contribution is 7.86. The van der Waals surface area contributed by atoms with Gasteiger partial charge in [-0.15, -0.1) is 0 Å². The van der Waals surface area contributed by atoms with Crippen LogP contribution in [-0.2, 0) is 34.3 Å². The molecule has 8 aromatic carbocycles. The molecule has 0 spiro atoms. The minimum Gasteiger partial charge on any atom is -0.744 e. The molecule has 370 valence electrons. The predicted molar refractivity (Wildman–Crippen MR) is 287 cm³/mol. The molecule has 0 saturated heterocycles. The Morgan fingerprint density at radius 3 is 0.959 bits per heavy atom. The largest absolute Gasteiger partial charge is 0.744 e. The fraction of sp³-hybridized carbons (Fsp3) is 0.0667. The Bertz CT molecular complexity index is 3610. The van der Waals surface area contributed by atoms with E-state index < -0.39 is 20.2 Å². The molecule has 2 heterocycles. The van der Waals surface area contributed by atoms with Gasteiger partial charge in [-0.25, -0.2) is 26.0 Å². The molecule has 0 unspecified atom stereocenters. The lowest BCUT2D eigenvalue weighted by Gasteiger charge is -2.09. The molecule has 10 aromatic rings. The van der Waals surface area contributed by atoms with Crippen LogP contribution in [0.1, 0.15) is 31.8 Å². The maximum Gasteiger partial charge on any atom is 0.255 e. The zero-order valence-electron chi connectivity index (χ0n) is 40.8. The van der Waals surface area contributed by atoms with E-state index in [0.717, 1.165) is 77.7 Å². The number of anilines is 2. The molecule has 74 heavy (non-hydrogen) atoms. The highest BCUT2D eigenvalue weighted by atomic mass is 32.2. The average Bonchev–Trinajstić information content (AvgIpc) is 3.39. The van der Waals surface area contributed by atoms with Crippen LogP contribution >= 0.6 is 0 Å². The lowest BCUT2D eigenvalue weighted by molar-refractivity contribution is -0.645. The third-order valence-electron chi connectivity index (χ3n) is 12.2. The van der Waals surface area contributed by atoms with Gasteiger partial charge in [0.2, 0.25) is 11.0 Å². The Morgan fingerprint density at radius 1 is 0.392 bits per heavy atom. The van der Waals surface area contributed by atoms with Gasteiger partial charge < -0.3 is 19.7 Å². The molecule has 0 aliphatic carbocycles. The summed E-state index contributed by atoms with van der Waals surface area (Å²) < 4.78 is 66.4. The van der Waals surface area contributed by atoms with Crippen molar-refractivity contribution in [3.05, 3.63) is 241 Å². The van der Waals surface area contributed by atoms with Gasteiger partial charge in [-0.05, 0) is 132 Å². The van der Waals surface area contributed by atoms with Crippen LogP contribution in [0.25, 0.3) is 55.2 Å². The average molecular weight is 1020 g/mol. The number of nitrogens with one attached hydrogen (secondary N) is 2. The highest BCUT2D eigenvalue weighted by Crippen LogP contribution is 2.29. The first-order chi connectivity index (χ1) is 35.4. The van der Waals surface area contributed by atoms with Crippen molar-refractivity contribution in [1.29, 1.82) is 0 Å². The Labute approximate surface area is 430 Å². The van der Waals surface area contributed by atoms with E-state index in [1.165, 1.54) is 24.3 Å². The summed E-state index contributed by atoms with van der Waals surface area (Å²) in [6.45, 7) is 3.64. The van der Waals surface area contributed by atoms with Gasteiger partial charge >= 0.3 is 0 Å². The molecular formula is C60H50N4O8S2. The minimum absolute atomic E-state index is 0.141. The molecule has 2 aromatic heterocycles. The number of aromatic nitrogens is 2. The summed E-state index contributed by atoms with van der Waals surface area (Å²) in [5.41, 5.74) is 13.3. The van der Waals surface area contributed by atoms with Crippen LogP contribution < -0.4 is 19.8 Å². The summed E-state index contributed by atoms with van der Waals surface area (Å²) in [7, 11) is -4.53. The molecule has 0 fully saturated rings. The van der Waals surface area contributed by atoms with E-state index in [-0.39, 0.29) is 21.6 Å². The van der Waals surface area contributed by atoms with Crippen molar-refractivity contribution in [1.82, 2.24) is 0 Å². The molecule has 0 bridgehead atoms. The second-order valence-electron chi connectivity index (χ2n) is 17.5. The molecule has 0 saturated carbocycles. The molecular weight excluding hydrogens is 969 g/mol. The number of carbonyl (C=O) groups is 2. The van der Waals surface area contributed by atoms with Crippen LogP contribution in [-0.4, -0.2) is 37.8 Å². The molecule has 0 radical (unpaired) electrons. The molecule has 12 nitrogen and oxygen atoms in total. The number of carbonyl (C=O) groups excluding carboxylic acids is 2. The van der Waals surface area contributed by atoms with Gasteiger partial charge in [0.1, 0.15) is 34.3 Å². The standard InChI is InChI=1S/C46H34N4O2.2C7H8O3S/c1-49-27-3-5-39-29-41(23-25-43(39)49)47-45(51)37-19-15-35(16-20-37)33-11-7-31(8-12-33)32-9-13-34(14-10-32)36-17-21-38(22-18-36)46(52)48-42-24-26-44-40(30-42)6-4-28-50(44)2;2*1-6-2-4-7(5-3-6)11(8,9)10/h3-30H,1-2H3;2*2-5H,1H3,(H,8,9,10). The van der Waals surface area contributed by atoms with Crippen molar-refractivity contribution < 1.29 is 44.7 Å². The molecule has 2 amide bonds. The van der Waals surface area contributed by atoms with E-state index >= 15 is 0 Å². The van der Waals surface area contributed by atoms with Gasteiger partial charge in [0, 0.05) is 57.5 Å². The van der Waals surface area contributed by atoms with E-state index in [0.29, 0.717) is 11.1 Å². The topological polar surface area (TPSA) is 180 Å². The molecule has 10 rings (SSSR count). The zero-order chi connectivity index (χ0) is 52.6. The SMILES string of the molecule is C[n+]1cccc2cc(NC(=O)c3ccc(-c4ccc(-c5ccc(-c6ccc(C(=O)Nc7ccc8c(ccc[n+]8C)c7)cc6)cc5)cc4)cc3)ccc21.Cc1ccc(S(=O)(=O)[O-])cc1.Cc1ccc(S(=O)(=O)[O-])cc1. The first kappa shape index (κ1) is 51.7. The van der Waals surface area contributed by atoms with Crippen LogP contribution in [0.15, 0.2) is 228 Å². The number of nitrogens with zero attached hydrogens (tertiary/aromatic N) is 2. The maximum atomic E-state index is 13.0.